The summed E-state index contributed by atoms with van der Waals surface area (Å²) in [5.74, 6) is 0.989. The minimum atomic E-state index is -0.242. The van der Waals surface area contributed by atoms with Crippen molar-refractivity contribution in [1.29, 1.82) is 0 Å². The lowest BCUT2D eigenvalue weighted by molar-refractivity contribution is 0.0750. The molecule has 24 heavy (non-hydrogen) atoms. The fourth-order valence-electron chi connectivity index (χ4n) is 3.80. The molecule has 8 heteroatoms. The van der Waals surface area contributed by atoms with Gasteiger partial charge in [0.15, 0.2) is 0 Å². The smallest absolute Gasteiger partial charge is 0.276 e. The summed E-state index contributed by atoms with van der Waals surface area (Å²) in [5, 5.41) is 8.63. The van der Waals surface area contributed by atoms with Gasteiger partial charge in [-0.25, -0.2) is 9.20 Å². The number of fused-ring (bicyclic) bond motifs is 2. The highest BCUT2D eigenvalue weighted by molar-refractivity contribution is 5.95. The summed E-state index contributed by atoms with van der Waals surface area (Å²) >= 11 is 0. The molecule has 0 radical (unpaired) electrons. The predicted octanol–water partition coefficient (Wildman–Crippen LogP) is 0.751. The van der Waals surface area contributed by atoms with Gasteiger partial charge in [0.05, 0.1) is 17.5 Å². The summed E-state index contributed by atoms with van der Waals surface area (Å²) in [6.07, 6.45) is 5.51. The zero-order valence-electron chi connectivity index (χ0n) is 13.1. The van der Waals surface area contributed by atoms with Crippen molar-refractivity contribution < 1.29 is 4.79 Å². The van der Waals surface area contributed by atoms with Gasteiger partial charge in [-0.3, -0.25) is 14.6 Å². The third kappa shape index (κ3) is 1.73. The highest BCUT2D eigenvalue weighted by Crippen LogP contribution is 2.41. The van der Waals surface area contributed by atoms with E-state index in [-0.39, 0.29) is 11.5 Å². The minimum Gasteiger partial charge on any atom is -0.335 e. The van der Waals surface area contributed by atoms with Crippen LogP contribution >= 0.6 is 0 Å². The van der Waals surface area contributed by atoms with E-state index in [1.807, 2.05) is 11.8 Å². The standard InChI is InChI=1S/C16H16N6O2/c1-9-12(15(24)20-8-10-5-11(20)6-10)7-17-22(9)16-18-14(23)13-3-2-4-21(13)19-16/h2-4,7,10-11H,5-6,8H2,1H3,(H,18,19,23). The molecule has 3 aromatic rings. The minimum absolute atomic E-state index is 0.0214. The van der Waals surface area contributed by atoms with E-state index >= 15 is 0 Å². The van der Waals surface area contributed by atoms with Crippen LogP contribution in [0.25, 0.3) is 11.5 Å². The second kappa shape index (κ2) is 4.56. The Morgan fingerprint density at radius 1 is 1.38 bits per heavy atom. The molecule has 2 aliphatic heterocycles. The average Bonchev–Trinajstić information content (AvgIpc) is 3.28. The zero-order chi connectivity index (χ0) is 16.4. The lowest BCUT2D eigenvalue weighted by atomic mass is 9.86. The van der Waals surface area contributed by atoms with Crippen molar-refractivity contribution in [3.63, 3.8) is 0 Å². The largest absolute Gasteiger partial charge is 0.335 e. The van der Waals surface area contributed by atoms with E-state index in [0.29, 0.717) is 34.7 Å². The van der Waals surface area contributed by atoms with Gasteiger partial charge in [0.2, 0.25) is 5.95 Å². The number of hydrogen-bond acceptors (Lipinski definition) is 4. The number of hydrogen-bond donors (Lipinski definition) is 1. The van der Waals surface area contributed by atoms with Gasteiger partial charge in [-0.1, -0.05) is 0 Å². The highest BCUT2D eigenvalue weighted by Gasteiger charge is 2.45. The van der Waals surface area contributed by atoms with E-state index in [1.165, 1.54) is 9.20 Å². The normalized spacial score (nSPS) is 22.1. The third-order valence-corrected chi connectivity index (χ3v) is 5.20. The number of nitrogens with one attached hydrogen (secondary N) is 1. The molecule has 6 rings (SSSR count). The molecule has 8 nitrogen and oxygen atoms in total. The Labute approximate surface area is 136 Å². The summed E-state index contributed by atoms with van der Waals surface area (Å²) < 4.78 is 3.01. The molecule has 1 saturated carbocycles. The molecule has 0 spiro atoms. The maximum atomic E-state index is 12.8. The first-order valence-electron chi connectivity index (χ1n) is 8.05. The summed E-state index contributed by atoms with van der Waals surface area (Å²) in [5.41, 5.74) is 1.47. The molecule has 3 aliphatic rings. The number of nitrogens with zero attached hydrogens (tertiary/aromatic N) is 5. The van der Waals surface area contributed by atoms with Crippen LogP contribution in [0.1, 0.15) is 28.9 Å². The number of aromatic amines is 1. The molecule has 2 bridgehead atoms. The fraction of sp³-hybridized carbons (Fsp3) is 0.375. The summed E-state index contributed by atoms with van der Waals surface area (Å²) in [4.78, 5) is 29.5. The molecule has 1 aliphatic carbocycles. The van der Waals surface area contributed by atoms with Crippen molar-refractivity contribution >= 4 is 11.4 Å². The summed E-state index contributed by atoms with van der Waals surface area (Å²) in [6, 6.07) is 3.84. The predicted molar refractivity (Wildman–Crippen MR) is 85.2 cm³/mol. The van der Waals surface area contributed by atoms with Crippen LogP contribution in [0.2, 0.25) is 0 Å². The van der Waals surface area contributed by atoms with Gasteiger partial charge in [0, 0.05) is 18.8 Å². The van der Waals surface area contributed by atoms with E-state index in [9.17, 15) is 9.59 Å². The topological polar surface area (TPSA) is 88.3 Å². The maximum Gasteiger partial charge on any atom is 0.276 e. The van der Waals surface area contributed by atoms with Crippen LogP contribution in [0.3, 0.4) is 0 Å². The molecule has 5 heterocycles. The van der Waals surface area contributed by atoms with Crippen LogP contribution in [0.15, 0.2) is 29.3 Å². The van der Waals surface area contributed by atoms with Gasteiger partial charge in [-0.05, 0) is 37.8 Å². The Hall–Kier alpha value is -2.90. The van der Waals surface area contributed by atoms with E-state index in [2.05, 4.69) is 15.2 Å². The third-order valence-electron chi connectivity index (χ3n) is 5.20. The lowest BCUT2D eigenvalue weighted by Gasteiger charge is -2.25. The van der Waals surface area contributed by atoms with Gasteiger partial charge >= 0.3 is 0 Å². The average molecular weight is 324 g/mol. The van der Waals surface area contributed by atoms with Gasteiger partial charge in [-0.15, -0.1) is 5.10 Å². The van der Waals surface area contributed by atoms with Crippen molar-refractivity contribution in [3.05, 3.63) is 46.1 Å². The molecule has 0 aromatic carbocycles. The number of aromatic nitrogens is 5. The Balaban J connectivity index is 1.56. The van der Waals surface area contributed by atoms with Crippen molar-refractivity contribution in [3.8, 4) is 5.95 Å². The maximum absolute atomic E-state index is 12.8. The summed E-state index contributed by atoms with van der Waals surface area (Å²) in [7, 11) is 0. The first kappa shape index (κ1) is 13.5. The van der Waals surface area contributed by atoms with Crippen molar-refractivity contribution in [2.24, 2.45) is 5.92 Å². The molecule has 122 valence electrons. The Kier molecular flexibility index (Phi) is 2.57. The fourth-order valence-corrected chi connectivity index (χ4v) is 3.80. The second-order valence-electron chi connectivity index (χ2n) is 6.62. The highest BCUT2D eigenvalue weighted by atomic mass is 16.2. The van der Waals surface area contributed by atoms with Gasteiger partial charge < -0.3 is 4.90 Å². The van der Waals surface area contributed by atoms with E-state index in [0.717, 1.165) is 19.4 Å². The van der Waals surface area contributed by atoms with Crippen LogP contribution in [-0.4, -0.2) is 47.8 Å². The monoisotopic (exact) mass is 324 g/mol. The van der Waals surface area contributed by atoms with Crippen molar-refractivity contribution in [2.45, 2.75) is 25.8 Å². The molecular formula is C16H16N6O2. The van der Waals surface area contributed by atoms with E-state index < -0.39 is 0 Å². The number of rotatable bonds is 2. The van der Waals surface area contributed by atoms with Crippen LogP contribution < -0.4 is 5.56 Å². The van der Waals surface area contributed by atoms with E-state index in [4.69, 9.17) is 0 Å². The molecular weight excluding hydrogens is 308 g/mol. The van der Waals surface area contributed by atoms with Crippen molar-refractivity contribution in [1.82, 2.24) is 29.3 Å². The lowest BCUT2D eigenvalue weighted by Crippen LogP contribution is -2.34. The van der Waals surface area contributed by atoms with E-state index in [1.54, 1.807) is 24.5 Å². The van der Waals surface area contributed by atoms with Gasteiger partial charge in [0.25, 0.3) is 11.5 Å². The molecule has 1 amide bonds. The van der Waals surface area contributed by atoms with Crippen LogP contribution in [-0.2, 0) is 0 Å². The Bertz CT molecular complexity index is 1020. The summed E-state index contributed by atoms with van der Waals surface area (Å²) in [6.45, 7) is 2.67. The SMILES string of the molecule is Cc1c(C(=O)N2CC3CC2C3)cnn1-c1nn2cccc2c(=O)[nH]1. The Morgan fingerprint density at radius 2 is 2.21 bits per heavy atom. The quantitative estimate of drug-likeness (QED) is 0.753. The second-order valence-corrected chi connectivity index (χ2v) is 6.62. The molecule has 3 fully saturated rings. The van der Waals surface area contributed by atoms with Crippen LogP contribution in [0, 0.1) is 12.8 Å². The molecule has 2 saturated heterocycles. The molecule has 0 atom stereocenters. The first-order valence-corrected chi connectivity index (χ1v) is 8.05. The zero-order valence-corrected chi connectivity index (χ0v) is 13.1. The number of amides is 1. The molecule has 0 unspecified atom stereocenters. The number of carbonyl (C=O) groups is 1. The molecule has 1 N–H and O–H groups in total. The number of H-pyrrole nitrogens is 1. The molecule has 3 aromatic heterocycles. The first-order chi connectivity index (χ1) is 11.6. The van der Waals surface area contributed by atoms with Crippen LogP contribution in [0.4, 0.5) is 0 Å². The van der Waals surface area contributed by atoms with Gasteiger partial charge in [-0.2, -0.15) is 5.10 Å². The Morgan fingerprint density at radius 3 is 2.96 bits per heavy atom. The number of carbonyl (C=O) groups excluding carboxylic acids is 1. The van der Waals surface area contributed by atoms with Crippen molar-refractivity contribution in [2.75, 3.05) is 6.54 Å². The van der Waals surface area contributed by atoms with Crippen LogP contribution in [0.5, 0.6) is 0 Å². The van der Waals surface area contributed by atoms with Gasteiger partial charge in [0.1, 0.15) is 5.52 Å².